The highest BCUT2D eigenvalue weighted by atomic mass is 16.2. The van der Waals surface area contributed by atoms with Crippen LogP contribution in [0.15, 0.2) is 18.2 Å². The minimum Gasteiger partial charge on any atom is -0.322 e. The first kappa shape index (κ1) is 16.9. The number of nitrogens with one attached hydrogen (secondary N) is 2. The normalized spacial score (nSPS) is 27.0. The molecule has 142 valence electrons. The Morgan fingerprint density at radius 1 is 1.19 bits per heavy atom. The Balaban J connectivity index is 1.39. The SMILES string of the molecule is O=C1CCC(N2Cc3c(CN4CCNCC45CC5)cccc3C2=O)C(=O)N1. The van der Waals surface area contributed by atoms with Crippen molar-refractivity contribution >= 4 is 17.7 Å². The van der Waals surface area contributed by atoms with E-state index in [0.717, 1.165) is 31.7 Å². The number of rotatable bonds is 3. The van der Waals surface area contributed by atoms with Crippen molar-refractivity contribution in [3.63, 3.8) is 0 Å². The Labute approximate surface area is 158 Å². The van der Waals surface area contributed by atoms with E-state index in [4.69, 9.17) is 0 Å². The Kier molecular flexibility index (Phi) is 3.84. The van der Waals surface area contributed by atoms with Crippen LogP contribution in [0, 0.1) is 0 Å². The summed E-state index contributed by atoms with van der Waals surface area (Å²) in [7, 11) is 0. The van der Waals surface area contributed by atoms with Crippen molar-refractivity contribution in [1.29, 1.82) is 0 Å². The van der Waals surface area contributed by atoms with Gasteiger partial charge in [-0.25, -0.2) is 0 Å². The first-order valence-corrected chi connectivity index (χ1v) is 9.79. The van der Waals surface area contributed by atoms with Gasteiger partial charge in [0.05, 0.1) is 0 Å². The molecular weight excluding hydrogens is 344 g/mol. The molecule has 1 aromatic rings. The lowest BCUT2D eigenvalue weighted by Crippen LogP contribution is -2.52. The van der Waals surface area contributed by atoms with E-state index in [1.165, 1.54) is 18.4 Å². The molecule has 1 atom stereocenters. The van der Waals surface area contributed by atoms with Crippen LogP contribution in [0.5, 0.6) is 0 Å². The number of carbonyl (C=O) groups is 3. The summed E-state index contributed by atoms with van der Waals surface area (Å²) in [6.07, 6.45) is 3.15. The van der Waals surface area contributed by atoms with E-state index in [1.54, 1.807) is 4.90 Å². The van der Waals surface area contributed by atoms with Crippen molar-refractivity contribution in [3.8, 4) is 0 Å². The van der Waals surface area contributed by atoms with Gasteiger partial charge in [0.25, 0.3) is 5.91 Å². The van der Waals surface area contributed by atoms with Gasteiger partial charge in [-0.3, -0.25) is 24.6 Å². The van der Waals surface area contributed by atoms with Crippen LogP contribution in [0.3, 0.4) is 0 Å². The highest BCUT2D eigenvalue weighted by Gasteiger charge is 2.49. The zero-order chi connectivity index (χ0) is 18.6. The van der Waals surface area contributed by atoms with E-state index in [9.17, 15) is 14.4 Å². The molecule has 2 N–H and O–H groups in total. The molecule has 1 unspecified atom stereocenters. The van der Waals surface area contributed by atoms with Gasteiger partial charge in [0.15, 0.2) is 0 Å². The maximum absolute atomic E-state index is 12.9. The summed E-state index contributed by atoms with van der Waals surface area (Å²) in [4.78, 5) is 40.8. The van der Waals surface area contributed by atoms with Gasteiger partial charge < -0.3 is 10.2 Å². The van der Waals surface area contributed by atoms with Crippen molar-refractivity contribution in [1.82, 2.24) is 20.4 Å². The van der Waals surface area contributed by atoms with Crippen LogP contribution in [0.1, 0.15) is 47.2 Å². The molecule has 1 saturated carbocycles. The molecule has 7 heteroatoms. The number of hydrogen-bond donors (Lipinski definition) is 2. The highest BCUT2D eigenvalue weighted by Crippen LogP contribution is 2.43. The maximum atomic E-state index is 12.9. The number of hydrogen-bond acceptors (Lipinski definition) is 5. The van der Waals surface area contributed by atoms with Crippen LogP contribution in [0.4, 0.5) is 0 Å². The molecule has 0 aromatic heterocycles. The average Bonchev–Trinajstić information content (AvgIpc) is 3.34. The molecule has 3 fully saturated rings. The van der Waals surface area contributed by atoms with Crippen molar-refractivity contribution in [2.24, 2.45) is 0 Å². The summed E-state index contributed by atoms with van der Waals surface area (Å²) in [5, 5.41) is 5.86. The number of amides is 3. The molecule has 1 aliphatic carbocycles. The molecule has 1 spiro atoms. The van der Waals surface area contributed by atoms with Crippen molar-refractivity contribution < 1.29 is 14.4 Å². The Morgan fingerprint density at radius 3 is 2.81 bits per heavy atom. The number of nitrogens with zero attached hydrogens (tertiary/aromatic N) is 2. The van der Waals surface area contributed by atoms with Crippen LogP contribution in [-0.2, 0) is 22.7 Å². The summed E-state index contributed by atoms with van der Waals surface area (Å²) < 4.78 is 0. The van der Waals surface area contributed by atoms with E-state index in [2.05, 4.69) is 21.6 Å². The average molecular weight is 368 g/mol. The molecule has 3 heterocycles. The third-order valence-electron chi connectivity index (χ3n) is 6.55. The molecule has 2 saturated heterocycles. The van der Waals surface area contributed by atoms with Gasteiger partial charge in [-0.15, -0.1) is 0 Å². The second-order valence-corrected chi connectivity index (χ2v) is 8.17. The Bertz CT molecular complexity index is 833. The molecule has 27 heavy (non-hydrogen) atoms. The predicted molar refractivity (Wildman–Crippen MR) is 97.7 cm³/mol. The quantitative estimate of drug-likeness (QED) is 0.754. The van der Waals surface area contributed by atoms with Crippen LogP contribution in [0.25, 0.3) is 0 Å². The smallest absolute Gasteiger partial charge is 0.255 e. The van der Waals surface area contributed by atoms with Crippen LogP contribution >= 0.6 is 0 Å². The lowest BCUT2D eigenvalue weighted by Gasteiger charge is -2.37. The molecular formula is C20H24N4O3. The third kappa shape index (κ3) is 2.76. The number of carbonyl (C=O) groups excluding carboxylic acids is 3. The summed E-state index contributed by atoms with van der Waals surface area (Å²) >= 11 is 0. The van der Waals surface area contributed by atoms with Gasteiger partial charge in [-0.05, 0) is 36.5 Å². The van der Waals surface area contributed by atoms with E-state index in [1.807, 2.05) is 12.1 Å². The van der Waals surface area contributed by atoms with E-state index >= 15 is 0 Å². The zero-order valence-electron chi connectivity index (χ0n) is 15.3. The predicted octanol–water partition coefficient (Wildman–Crippen LogP) is 0.385. The summed E-state index contributed by atoms with van der Waals surface area (Å²) in [5.41, 5.74) is 3.23. The minimum atomic E-state index is -0.551. The molecule has 4 aliphatic rings. The topological polar surface area (TPSA) is 81.8 Å². The monoisotopic (exact) mass is 368 g/mol. The first-order chi connectivity index (χ1) is 13.1. The van der Waals surface area contributed by atoms with E-state index in [0.29, 0.717) is 24.1 Å². The van der Waals surface area contributed by atoms with Crippen molar-refractivity contribution in [2.75, 3.05) is 19.6 Å². The summed E-state index contributed by atoms with van der Waals surface area (Å²) in [5.74, 6) is -0.703. The standard InChI is InChI=1S/C20H24N4O3/c25-17-5-4-16(18(26)22-17)24-11-15-13(2-1-3-14(15)19(24)27)10-23-9-8-21-12-20(23)6-7-20/h1-3,16,21H,4-12H2,(H,22,25,26). The third-order valence-corrected chi connectivity index (χ3v) is 6.55. The number of benzene rings is 1. The van der Waals surface area contributed by atoms with E-state index in [-0.39, 0.29) is 24.1 Å². The lowest BCUT2D eigenvalue weighted by molar-refractivity contribution is -0.136. The Morgan fingerprint density at radius 2 is 2.04 bits per heavy atom. The second kappa shape index (κ2) is 6.14. The molecule has 0 bridgehead atoms. The van der Waals surface area contributed by atoms with Crippen LogP contribution < -0.4 is 10.6 Å². The minimum absolute atomic E-state index is 0.0946. The zero-order valence-corrected chi connectivity index (χ0v) is 15.3. The van der Waals surface area contributed by atoms with Gasteiger partial charge in [0.2, 0.25) is 11.8 Å². The number of piperidine rings is 1. The second-order valence-electron chi connectivity index (χ2n) is 8.17. The maximum Gasteiger partial charge on any atom is 0.255 e. The molecule has 3 aliphatic heterocycles. The first-order valence-electron chi connectivity index (χ1n) is 9.79. The van der Waals surface area contributed by atoms with Gasteiger partial charge in [-0.1, -0.05) is 12.1 Å². The summed E-state index contributed by atoms with van der Waals surface area (Å²) in [6, 6.07) is 5.36. The molecule has 0 radical (unpaired) electrons. The number of imide groups is 1. The van der Waals surface area contributed by atoms with Gasteiger partial charge in [0.1, 0.15) is 6.04 Å². The highest BCUT2D eigenvalue weighted by molar-refractivity contribution is 6.05. The summed E-state index contributed by atoms with van der Waals surface area (Å²) in [6.45, 7) is 4.37. The van der Waals surface area contributed by atoms with Gasteiger partial charge in [-0.2, -0.15) is 0 Å². The van der Waals surface area contributed by atoms with E-state index < -0.39 is 6.04 Å². The van der Waals surface area contributed by atoms with Gasteiger partial charge >= 0.3 is 0 Å². The van der Waals surface area contributed by atoms with Crippen molar-refractivity contribution in [2.45, 2.75) is 50.4 Å². The van der Waals surface area contributed by atoms with Crippen LogP contribution in [-0.4, -0.2) is 58.7 Å². The number of piperazine rings is 1. The Hall–Kier alpha value is -2.25. The fourth-order valence-electron chi connectivity index (χ4n) is 4.77. The van der Waals surface area contributed by atoms with Gasteiger partial charge in [0, 0.05) is 50.2 Å². The molecule has 5 rings (SSSR count). The fourth-order valence-corrected chi connectivity index (χ4v) is 4.77. The number of fused-ring (bicyclic) bond motifs is 1. The van der Waals surface area contributed by atoms with Crippen LogP contribution in [0.2, 0.25) is 0 Å². The fraction of sp³-hybridized carbons (Fsp3) is 0.550. The van der Waals surface area contributed by atoms with Crippen molar-refractivity contribution in [3.05, 3.63) is 34.9 Å². The molecule has 3 amide bonds. The molecule has 1 aromatic carbocycles. The molecule has 7 nitrogen and oxygen atoms in total. The lowest BCUT2D eigenvalue weighted by atomic mass is 10.0. The largest absolute Gasteiger partial charge is 0.322 e.